The van der Waals surface area contributed by atoms with E-state index in [-0.39, 0.29) is 5.25 Å². The van der Waals surface area contributed by atoms with Gasteiger partial charge in [0.25, 0.3) is 0 Å². The van der Waals surface area contributed by atoms with Crippen molar-refractivity contribution < 1.29 is 4.79 Å². The molecule has 16 heavy (non-hydrogen) atoms. The summed E-state index contributed by atoms with van der Waals surface area (Å²) in [4.78, 5) is 14.5. The molecule has 2 unspecified atom stereocenters. The van der Waals surface area contributed by atoms with Crippen LogP contribution in [0, 0.1) is 0 Å². The minimum Gasteiger partial charge on any atom is -0.337 e. The van der Waals surface area contributed by atoms with Crippen LogP contribution in [-0.4, -0.2) is 47.5 Å². The molecule has 0 bridgehead atoms. The molecule has 0 spiro atoms. The van der Waals surface area contributed by atoms with E-state index in [0.29, 0.717) is 11.9 Å². The lowest BCUT2D eigenvalue weighted by atomic mass is 10.1. The Labute approximate surface area is 102 Å². The Hall–Kier alpha value is -0.220. The van der Waals surface area contributed by atoms with Crippen LogP contribution in [0.3, 0.4) is 0 Å². The summed E-state index contributed by atoms with van der Waals surface area (Å²) in [6, 6.07) is 0.452. The van der Waals surface area contributed by atoms with Crippen LogP contribution in [0.25, 0.3) is 0 Å². The number of hydrogen-bond acceptors (Lipinski definition) is 3. The maximum atomic E-state index is 12.4. The van der Waals surface area contributed by atoms with E-state index in [1.165, 1.54) is 12.2 Å². The molecule has 0 aromatic heterocycles. The molecular weight excluding hydrogens is 220 g/mol. The molecule has 0 aliphatic carbocycles. The molecule has 1 N–H and O–H groups in total. The zero-order valence-electron chi connectivity index (χ0n) is 10.1. The highest BCUT2D eigenvalue weighted by molar-refractivity contribution is 8.00. The molecule has 2 heterocycles. The number of thioether (sulfide) groups is 1. The van der Waals surface area contributed by atoms with E-state index in [1.54, 1.807) is 0 Å². The lowest BCUT2D eigenvalue weighted by molar-refractivity contribution is -0.132. The summed E-state index contributed by atoms with van der Waals surface area (Å²) in [6.45, 7) is 5.14. The third-order valence-corrected chi connectivity index (χ3v) is 4.79. The first-order valence-corrected chi connectivity index (χ1v) is 7.50. The Bertz CT molecular complexity index is 235. The second kappa shape index (κ2) is 5.92. The highest BCUT2D eigenvalue weighted by atomic mass is 32.2. The highest BCUT2D eigenvalue weighted by Gasteiger charge is 2.32. The van der Waals surface area contributed by atoms with Gasteiger partial charge in [-0.3, -0.25) is 4.79 Å². The lowest BCUT2D eigenvalue weighted by Crippen LogP contribution is -2.45. The topological polar surface area (TPSA) is 32.3 Å². The van der Waals surface area contributed by atoms with Gasteiger partial charge in [-0.05, 0) is 38.0 Å². The van der Waals surface area contributed by atoms with Gasteiger partial charge < -0.3 is 10.2 Å². The molecular formula is C12H22N2OS. The van der Waals surface area contributed by atoms with Crippen molar-refractivity contribution in [2.24, 2.45) is 0 Å². The summed E-state index contributed by atoms with van der Waals surface area (Å²) in [5.41, 5.74) is 0. The van der Waals surface area contributed by atoms with E-state index in [1.807, 2.05) is 11.8 Å². The molecule has 2 aliphatic rings. The van der Waals surface area contributed by atoms with Gasteiger partial charge in [0.15, 0.2) is 0 Å². The first-order valence-electron chi connectivity index (χ1n) is 6.45. The van der Waals surface area contributed by atoms with Crippen molar-refractivity contribution in [2.75, 3.05) is 25.4 Å². The monoisotopic (exact) mass is 242 g/mol. The fourth-order valence-corrected chi connectivity index (χ4v) is 3.81. The van der Waals surface area contributed by atoms with Crippen molar-refractivity contribution in [1.82, 2.24) is 10.2 Å². The molecule has 2 fully saturated rings. The van der Waals surface area contributed by atoms with Crippen LogP contribution < -0.4 is 5.32 Å². The van der Waals surface area contributed by atoms with Crippen molar-refractivity contribution in [2.45, 2.75) is 43.9 Å². The van der Waals surface area contributed by atoms with Crippen molar-refractivity contribution in [3.63, 3.8) is 0 Å². The van der Waals surface area contributed by atoms with Crippen LogP contribution in [-0.2, 0) is 4.79 Å². The average Bonchev–Trinajstić information content (AvgIpc) is 2.96. The maximum absolute atomic E-state index is 12.4. The largest absolute Gasteiger partial charge is 0.337 e. The first kappa shape index (κ1) is 12.2. The van der Waals surface area contributed by atoms with Gasteiger partial charge in [0.05, 0.1) is 5.25 Å². The fourth-order valence-electron chi connectivity index (χ4n) is 2.58. The summed E-state index contributed by atoms with van der Waals surface area (Å²) in [5, 5.41) is 3.61. The van der Waals surface area contributed by atoms with Gasteiger partial charge in [-0.1, -0.05) is 6.92 Å². The van der Waals surface area contributed by atoms with E-state index in [4.69, 9.17) is 0 Å². The molecule has 2 rings (SSSR count). The molecule has 2 saturated heterocycles. The number of amides is 1. The lowest BCUT2D eigenvalue weighted by Gasteiger charge is -2.30. The van der Waals surface area contributed by atoms with Crippen LogP contribution in [0.15, 0.2) is 0 Å². The Balaban J connectivity index is 1.96. The zero-order chi connectivity index (χ0) is 11.4. The summed E-state index contributed by atoms with van der Waals surface area (Å²) in [6.07, 6.45) is 4.50. The van der Waals surface area contributed by atoms with E-state index in [9.17, 15) is 4.79 Å². The van der Waals surface area contributed by atoms with Gasteiger partial charge in [-0.15, -0.1) is 11.8 Å². The molecule has 0 radical (unpaired) electrons. The molecule has 0 aromatic rings. The van der Waals surface area contributed by atoms with Crippen LogP contribution >= 0.6 is 11.8 Å². The molecule has 2 aliphatic heterocycles. The zero-order valence-corrected chi connectivity index (χ0v) is 10.9. The summed E-state index contributed by atoms with van der Waals surface area (Å²) in [7, 11) is 0. The van der Waals surface area contributed by atoms with Crippen molar-refractivity contribution in [3.8, 4) is 0 Å². The van der Waals surface area contributed by atoms with Gasteiger partial charge in [0.2, 0.25) is 5.91 Å². The second-order valence-electron chi connectivity index (χ2n) is 4.68. The standard InChI is InChI=1S/C12H22N2OS/c1-2-7-14(10-5-6-13-9-10)12(15)11-4-3-8-16-11/h10-11,13H,2-9H2,1H3. The average molecular weight is 242 g/mol. The van der Waals surface area contributed by atoms with Crippen molar-refractivity contribution in [1.29, 1.82) is 0 Å². The number of carbonyl (C=O) groups is 1. The third-order valence-electron chi connectivity index (χ3n) is 3.43. The summed E-state index contributed by atoms with van der Waals surface area (Å²) < 4.78 is 0. The Morgan fingerprint density at radius 2 is 2.38 bits per heavy atom. The van der Waals surface area contributed by atoms with Gasteiger partial charge in [0, 0.05) is 19.1 Å². The number of carbonyl (C=O) groups excluding carboxylic acids is 1. The Morgan fingerprint density at radius 1 is 1.50 bits per heavy atom. The SMILES string of the molecule is CCCN(C(=O)C1CCCS1)C1CCNC1. The molecule has 92 valence electrons. The molecule has 0 aromatic carbocycles. The van der Waals surface area contributed by atoms with Crippen LogP contribution in [0.4, 0.5) is 0 Å². The van der Waals surface area contributed by atoms with Gasteiger partial charge in [-0.25, -0.2) is 0 Å². The number of nitrogens with zero attached hydrogens (tertiary/aromatic N) is 1. The normalized spacial score (nSPS) is 29.6. The number of nitrogens with one attached hydrogen (secondary N) is 1. The second-order valence-corrected chi connectivity index (χ2v) is 5.99. The number of hydrogen-bond donors (Lipinski definition) is 1. The van der Waals surface area contributed by atoms with E-state index >= 15 is 0 Å². The summed E-state index contributed by atoms with van der Waals surface area (Å²) >= 11 is 1.85. The number of rotatable bonds is 4. The minimum atomic E-state index is 0.257. The van der Waals surface area contributed by atoms with Crippen molar-refractivity contribution in [3.05, 3.63) is 0 Å². The van der Waals surface area contributed by atoms with E-state index in [0.717, 1.165) is 38.9 Å². The third kappa shape index (κ3) is 2.72. The fraction of sp³-hybridized carbons (Fsp3) is 0.917. The molecule has 0 saturated carbocycles. The van der Waals surface area contributed by atoms with Crippen LogP contribution in [0.2, 0.25) is 0 Å². The van der Waals surface area contributed by atoms with Crippen LogP contribution in [0.1, 0.15) is 32.6 Å². The van der Waals surface area contributed by atoms with Crippen LogP contribution in [0.5, 0.6) is 0 Å². The predicted molar refractivity (Wildman–Crippen MR) is 68.8 cm³/mol. The van der Waals surface area contributed by atoms with Gasteiger partial charge >= 0.3 is 0 Å². The van der Waals surface area contributed by atoms with Gasteiger partial charge in [-0.2, -0.15) is 0 Å². The molecule has 3 nitrogen and oxygen atoms in total. The highest BCUT2D eigenvalue weighted by Crippen LogP contribution is 2.28. The Morgan fingerprint density at radius 3 is 2.94 bits per heavy atom. The van der Waals surface area contributed by atoms with Gasteiger partial charge in [0.1, 0.15) is 0 Å². The molecule has 1 amide bonds. The summed E-state index contributed by atoms with van der Waals surface area (Å²) in [5.74, 6) is 1.57. The molecule has 2 atom stereocenters. The smallest absolute Gasteiger partial charge is 0.235 e. The van der Waals surface area contributed by atoms with E-state index < -0.39 is 0 Å². The molecule has 4 heteroatoms. The quantitative estimate of drug-likeness (QED) is 0.810. The Kier molecular flexibility index (Phi) is 4.53. The maximum Gasteiger partial charge on any atom is 0.235 e. The first-order chi connectivity index (χ1) is 7.83. The minimum absolute atomic E-state index is 0.257. The van der Waals surface area contributed by atoms with Crippen molar-refractivity contribution >= 4 is 17.7 Å². The predicted octanol–water partition coefficient (Wildman–Crippen LogP) is 1.48. The van der Waals surface area contributed by atoms with E-state index in [2.05, 4.69) is 17.1 Å².